The van der Waals surface area contributed by atoms with Gasteiger partial charge in [-0.2, -0.15) is 4.31 Å². The highest BCUT2D eigenvalue weighted by Gasteiger charge is 2.28. The van der Waals surface area contributed by atoms with Gasteiger partial charge in [0.25, 0.3) is 0 Å². The van der Waals surface area contributed by atoms with Gasteiger partial charge in [-0.1, -0.05) is 66.2 Å². The van der Waals surface area contributed by atoms with Crippen LogP contribution in [0.25, 0.3) is 0 Å². The zero-order valence-corrected chi connectivity index (χ0v) is 14.8. The topological polar surface area (TPSA) is 40.5 Å². The van der Waals surface area contributed by atoms with Gasteiger partial charge in [0, 0.05) is 12.1 Å². The van der Waals surface area contributed by atoms with Crippen LogP contribution in [0.15, 0.2) is 0 Å². The highest BCUT2D eigenvalue weighted by Crippen LogP contribution is 2.23. The minimum Gasteiger partial charge on any atom is -0.294 e. The summed E-state index contributed by atoms with van der Waals surface area (Å²) < 4.78 is 23.4. The van der Waals surface area contributed by atoms with E-state index in [-0.39, 0.29) is 12.1 Å². The number of rotatable bonds is 13. The molecule has 0 fully saturated rings. The van der Waals surface area contributed by atoms with E-state index in [4.69, 9.17) is 0 Å². The van der Waals surface area contributed by atoms with Crippen molar-refractivity contribution >= 4 is 11.3 Å². The maximum Gasteiger partial charge on any atom is 0.235 e. The monoisotopic (exact) mass is 305 g/mol. The number of nitrogens with zero attached hydrogens (tertiary/aromatic N) is 1. The van der Waals surface area contributed by atoms with Crippen LogP contribution < -0.4 is 0 Å². The van der Waals surface area contributed by atoms with E-state index in [2.05, 4.69) is 27.7 Å². The lowest BCUT2D eigenvalue weighted by atomic mass is 10.0. The largest absolute Gasteiger partial charge is 0.294 e. The molecule has 0 aliphatic heterocycles. The second-order valence-corrected chi connectivity index (χ2v) is 6.59. The summed E-state index contributed by atoms with van der Waals surface area (Å²) in [7, 11) is 0. The van der Waals surface area contributed by atoms with Gasteiger partial charge in [0.2, 0.25) is 11.3 Å². The molecule has 0 bridgehead atoms. The maximum absolute atomic E-state index is 11.8. The van der Waals surface area contributed by atoms with Crippen LogP contribution >= 0.6 is 0 Å². The van der Waals surface area contributed by atoms with Crippen LogP contribution in [0.4, 0.5) is 0 Å². The van der Waals surface area contributed by atoms with Crippen molar-refractivity contribution in [2.45, 2.75) is 104 Å². The lowest BCUT2D eigenvalue weighted by Crippen LogP contribution is -2.43. The van der Waals surface area contributed by atoms with Crippen molar-refractivity contribution in [3.8, 4) is 0 Å². The molecule has 3 nitrogen and oxygen atoms in total. The van der Waals surface area contributed by atoms with Crippen LogP contribution in [0.2, 0.25) is 0 Å². The Labute approximate surface area is 128 Å². The van der Waals surface area contributed by atoms with E-state index in [1.165, 1.54) is 25.7 Å². The van der Waals surface area contributed by atoms with Gasteiger partial charge in [0.1, 0.15) is 0 Å². The molecule has 0 aliphatic rings. The molecule has 0 rings (SSSR count). The first-order chi connectivity index (χ1) is 9.62. The Bertz CT molecular complexity index is 231. The Morgan fingerprint density at radius 1 is 0.850 bits per heavy atom. The Morgan fingerprint density at radius 2 is 1.25 bits per heavy atom. The molecule has 0 saturated carbocycles. The maximum atomic E-state index is 11.8. The fourth-order valence-corrected chi connectivity index (χ4v) is 3.85. The molecule has 122 valence electrons. The zero-order chi connectivity index (χ0) is 15.4. The van der Waals surface area contributed by atoms with Crippen LogP contribution in [0.1, 0.15) is 91.9 Å². The molecule has 0 aromatic heterocycles. The van der Waals surface area contributed by atoms with Crippen molar-refractivity contribution in [1.82, 2.24) is 4.31 Å². The molecule has 0 aliphatic carbocycles. The van der Waals surface area contributed by atoms with Crippen LogP contribution in [0, 0.1) is 0 Å². The van der Waals surface area contributed by atoms with Crippen LogP contribution in [0.3, 0.4) is 0 Å². The van der Waals surface area contributed by atoms with Crippen molar-refractivity contribution in [2.75, 3.05) is 0 Å². The van der Waals surface area contributed by atoms with E-state index in [1.807, 2.05) is 4.31 Å². The van der Waals surface area contributed by atoms with Crippen molar-refractivity contribution < 1.29 is 8.76 Å². The van der Waals surface area contributed by atoms with E-state index < -0.39 is 11.3 Å². The van der Waals surface area contributed by atoms with Gasteiger partial charge in [-0.15, -0.1) is 0 Å². The Morgan fingerprint density at radius 3 is 1.50 bits per heavy atom. The summed E-state index contributed by atoms with van der Waals surface area (Å²) in [6, 6.07) is 0.498. The van der Waals surface area contributed by atoms with Crippen LogP contribution in [0.5, 0.6) is 0 Å². The minimum absolute atomic E-state index is 0.249. The fourth-order valence-electron chi connectivity index (χ4n) is 2.84. The predicted molar refractivity (Wildman–Crippen MR) is 89.1 cm³/mol. The highest BCUT2D eigenvalue weighted by molar-refractivity contribution is 7.76. The number of hydrogen-bond acceptors (Lipinski definition) is 1. The summed E-state index contributed by atoms with van der Waals surface area (Å²) in [5, 5.41) is 0. The molecule has 20 heavy (non-hydrogen) atoms. The lowest BCUT2D eigenvalue weighted by molar-refractivity contribution is 0.206. The van der Waals surface area contributed by atoms with E-state index in [9.17, 15) is 8.76 Å². The third kappa shape index (κ3) is 7.75. The average Bonchev–Trinajstić information content (AvgIpc) is 2.44. The second kappa shape index (κ2) is 12.8. The summed E-state index contributed by atoms with van der Waals surface area (Å²) in [6.45, 7) is 8.66. The van der Waals surface area contributed by atoms with Gasteiger partial charge in [0.15, 0.2) is 0 Å². The third-order valence-corrected chi connectivity index (χ3v) is 5.08. The molecule has 0 radical (unpaired) electrons. The van der Waals surface area contributed by atoms with Gasteiger partial charge in [-0.3, -0.25) is 4.55 Å². The molecule has 0 heterocycles. The van der Waals surface area contributed by atoms with Crippen molar-refractivity contribution in [2.24, 2.45) is 0 Å². The summed E-state index contributed by atoms with van der Waals surface area (Å²) in [4.78, 5) is 0. The van der Waals surface area contributed by atoms with Gasteiger partial charge in [0.05, 0.1) is 0 Å². The SMILES string of the molecule is CCCCCC(CC)N(C(CC)CCCCC)S(=O)O. The Hall–Kier alpha value is 0.0700. The zero-order valence-electron chi connectivity index (χ0n) is 13.9. The molecule has 0 saturated heterocycles. The first kappa shape index (κ1) is 20.1. The molecule has 3 unspecified atom stereocenters. The molecule has 0 aromatic carbocycles. The highest BCUT2D eigenvalue weighted by atomic mass is 32.2. The van der Waals surface area contributed by atoms with Crippen LogP contribution in [-0.2, 0) is 11.3 Å². The lowest BCUT2D eigenvalue weighted by Gasteiger charge is -2.34. The minimum atomic E-state index is -1.84. The van der Waals surface area contributed by atoms with Gasteiger partial charge in [-0.05, 0) is 25.7 Å². The van der Waals surface area contributed by atoms with Crippen LogP contribution in [-0.4, -0.2) is 25.2 Å². The summed E-state index contributed by atoms with van der Waals surface area (Å²) in [5.74, 6) is 0. The van der Waals surface area contributed by atoms with Crippen molar-refractivity contribution in [3.05, 3.63) is 0 Å². The van der Waals surface area contributed by atoms with Crippen molar-refractivity contribution in [1.29, 1.82) is 0 Å². The molecule has 3 atom stereocenters. The predicted octanol–water partition coefficient (Wildman–Crippen LogP) is 5.14. The molecule has 4 heteroatoms. The third-order valence-electron chi connectivity index (χ3n) is 4.12. The average molecular weight is 306 g/mol. The molecule has 0 amide bonds. The summed E-state index contributed by atoms with van der Waals surface area (Å²) >= 11 is -1.84. The normalized spacial score (nSPS) is 16.3. The molecule has 0 spiro atoms. The standard InChI is InChI=1S/C16H35NO2S/c1-5-9-11-13-15(7-3)17(20(18)19)16(8-4)14-12-10-6-2/h15-16H,5-14H2,1-4H3,(H,18,19). The van der Waals surface area contributed by atoms with E-state index in [0.717, 1.165) is 38.5 Å². The summed E-state index contributed by atoms with van der Waals surface area (Å²) in [5.41, 5.74) is 0. The molecular formula is C16H35NO2S. The Balaban J connectivity index is 4.64. The smallest absolute Gasteiger partial charge is 0.235 e. The number of hydrogen-bond donors (Lipinski definition) is 1. The summed E-state index contributed by atoms with van der Waals surface area (Å²) in [6.07, 6.45) is 11.2. The first-order valence-corrected chi connectivity index (χ1v) is 9.57. The van der Waals surface area contributed by atoms with Gasteiger partial charge >= 0.3 is 0 Å². The van der Waals surface area contributed by atoms with E-state index >= 15 is 0 Å². The van der Waals surface area contributed by atoms with E-state index in [1.54, 1.807) is 0 Å². The van der Waals surface area contributed by atoms with Gasteiger partial charge in [-0.25, -0.2) is 4.21 Å². The van der Waals surface area contributed by atoms with Crippen molar-refractivity contribution in [3.63, 3.8) is 0 Å². The quantitative estimate of drug-likeness (QED) is 0.378. The molecule has 1 N–H and O–H groups in total. The Kier molecular flexibility index (Phi) is 12.8. The second-order valence-electron chi connectivity index (χ2n) is 5.71. The fraction of sp³-hybridized carbons (Fsp3) is 1.00. The molecule has 0 aromatic rings. The van der Waals surface area contributed by atoms with E-state index in [0.29, 0.717) is 0 Å². The molecular weight excluding hydrogens is 270 g/mol. The van der Waals surface area contributed by atoms with Gasteiger partial charge < -0.3 is 0 Å². The number of unbranched alkanes of at least 4 members (excludes halogenated alkanes) is 4. The first-order valence-electron chi connectivity index (χ1n) is 8.51.